The highest BCUT2D eigenvalue weighted by atomic mass is 35.5. The lowest BCUT2D eigenvalue weighted by atomic mass is 10.1. The summed E-state index contributed by atoms with van der Waals surface area (Å²) < 4.78 is 40.4. The first kappa shape index (κ1) is 14.4. The topological polar surface area (TPSA) is 69.6 Å². The van der Waals surface area contributed by atoms with Gasteiger partial charge in [0.25, 0.3) is 0 Å². The largest absolute Gasteiger partial charge is 0.413 e. The van der Waals surface area contributed by atoms with Crippen molar-refractivity contribution in [1.82, 2.24) is 20.2 Å². The van der Waals surface area contributed by atoms with E-state index in [2.05, 4.69) is 15.5 Å². The number of rotatable bonds is 2. The Morgan fingerprint density at radius 1 is 1.24 bits per heavy atom. The molecule has 2 N–H and O–H groups in total. The maximum Gasteiger partial charge on any atom is 0.413 e. The second kappa shape index (κ2) is 4.48. The molecule has 0 radical (unpaired) electrons. The molecule has 1 aromatic carbocycles. The van der Waals surface area contributed by atoms with E-state index in [1.807, 2.05) is 0 Å². The quantitative estimate of drug-likeness (QED) is 0.853. The summed E-state index contributed by atoms with van der Waals surface area (Å²) in [6.07, 6.45) is -4.61. The van der Waals surface area contributed by atoms with Gasteiger partial charge < -0.3 is 5.73 Å². The van der Waals surface area contributed by atoms with Crippen LogP contribution in [0.3, 0.4) is 0 Å². The fraction of sp³-hybridized carbons (Fsp3) is 0.364. The number of benzene rings is 1. The summed E-state index contributed by atoms with van der Waals surface area (Å²) in [4.78, 5) is 0. The van der Waals surface area contributed by atoms with Crippen molar-refractivity contribution in [1.29, 1.82) is 0 Å². The van der Waals surface area contributed by atoms with Crippen LogP contribution in [-0.4, -0.2) is 26.4 Å². The van der Waals surface area contributed by atoms with Crippen LogP contribution < -0.4 is 5.73 Å². The Labute approximate surface area is 126 Å². The molecule has 0 saturated heterocycles. The Hall–Kier alpha value is -1.54. The molecule has 1 heterocycles. The van der Waals surface area contributed by atoms with Gasteiger partial charge in [0.05, 0.1) is 10.0 Å². The fourth-order valence-corrected chi connectivity index (χ4v) is 2.57. The molecule has 21 heavy (non-hydrogen) atoms. The van der Waals surface area contributed by atoms with Crippen LogP contribution in [-0.2, 0) is 5.54 Å². The second-order valence-corrected chi connectivity index (χ2v) is 5.59. The highest BCUT2D eigenvalue weighted by Gasteiger charge is 2.67. The predicted molar refractivity (Wildman–Crippen MR) is 70.9 cm³/mol. The van der Waals surface area contributed by atoms with E-state index in [0.717, 1.165) is 4.68 Å². The van der Waals surface area contributed by atoms with Crippen molar-refractivity contribution in [2.75, 3.05) is 5.73 Å². The van der Waals surface area contributed by atoms with Crippen LogP contribution in [0.15, 0.2) is 12.1 Å². The van der Waals surface area contributed by atoms with Crippen molar-refractivity contribution in [3.05, 3.63) is 22.2 Å². The van der Waals surface area contributed by atoms with Gasteiger partial charge in [-0.2, -0.15) is 13.2 Å². The highest BCUT2D eigenvalue weighted by Crippen LogP contribution is 2.56. The van der Waals surface area contributed by atoms with E-state index in [0.29, 0.717) is 0 Å². The normalized spacial score (nSPS) is 17.0. The summed E-state index contributed by atoms with van der Waals surface area (Å²) in [5.41, 5.74) is 4.00. The zero-order valence-corrected chi connectivity index (χ0v) is 11.8. The third-order valence-corrected chi connectivity index (χ3v) is 4.22. The van der Waals surface area contributed by atoms with Gasteiger partial charge in [0, 0.05) is 11.3 Å². The van der Waals surface area contributed by atoms with Gasteiger partial charge in [-0.05, 0) is 35.4 Å². The maximum atomic E-state index is 13.2. The molecule has 0 unspecified atom stereocenters. The zero-order chi connectivity index (χ0) is 15.4. The number of hydrogen-bond acceptors (Lipinski definition) is 4. The van der Waals surface area contributed by atoms with Crippen molar-refractivity contribution in [3.8, 4) is 11.4 Å². The molecule has 1 aliphatic carbocycles. The zero-order valence-electron chi connectivity index (χ0n) is 10.3. The van der Waals surface area contributed by atoms with Gasteiger partial charge in [0.1, 0.15) is 0 Å². The monoisotopic (exact) mass is 337 g/mol. The Morgan fingerprint density at radius 2 is 1.90 bits per heavy atom. The van der Waals surface area contributed by atoms with Crippen LogP contribution in [0.25, 0.3) is 11.4 Å². The van der Waals surface area contributed by atoms with E-state index >= 15 is 0 Å². The van der Waals surface area contributed by atoms with Crippen LogP contribution in [0.4, 0.5) is 18.9 Å². The van der Waals surface area contributed by atoms with E-state index < -0.39 is 11.7 Å². The van der Waals surface area contributed by atoms with Crippen molar-refractivity contribution < 1.29 is 13.2 Å². The van der Waals surface area contributed by atoms with Crippen molar-refractivity contribution in [2.45, 2.75) is 24.6 Å². The molecule has 1 aromatic heterocycles. The lowest BCUT2D eigenvalue weighted by molar-refractivity contribution is -0.182. The van der Waals surface area contributed by atoms with E-state index in [1.165, 1.54) is 12.1 Å². The molecule has 2 aromatic rings. The molecule has 1 saturated carbocycles. The van der Waals surface area contributed by atoms with Crippen LogP contribution >= 0.6 is 23.2 Å². The fourth-order valence-electron chi connectivity index (χ4n) is 2.15. The van der Waals surface area contributed by atoms with Crippen molar-refractivity contribution >= 4 is 28.9 Å². The third-order valence-electron chi connectivity index (χ3n) is 3.42. The minimum absolute atomic E-state index is 0.0555. The van der Waals surface area contributed by atoms with Crippen LogP contribution in [0, 0.1) is 0 Å². The summed E-state index contributed by atoms with van der Waals surface area (Å²) in [6, 6.07) is 2.79. The molecule has 1 fully saturated rings. The lowest BCUT2D eigenvalue weighted by Crippen LogP contribution is -2.36. The molecule has 10 heteroatoms. The average molecular weight is 338 g/mol. The molecular formula is C11H8Cl2F3N5. The average Bonchev–Trinajstić information content (AvgIpc) is 3.06. The number of nitrogen functional groups attached to an aromatic ring is 1. The van der Waals surface area contributed by atoms with Crippen molar-refractivity contribution in [3.63, 3.8) is 0 Å². The standard InChI is InChI=1S/C11H8Cl2F3N5/c12-7-4-5(17)3-6(8(7)13)9-18-19-20-21(9)10(1-2-10)11(14,15)16/h3-4H,1-2,17H2. The molecular weight excluding hydrogens is 330 g/mol. The van der Waals surface area contributed by atoms with Crippen molar-refractivity contribution in [2.24, 2.45) is 0 Å². The van der Waals surface area contributed by atoms with Gasteiger partial charge >= 0.3 is 6.18 Å². The van der Waals surface area contributed by atoms with Gasteiger partial charge in [-0.3, -0.25) is 0 Å². The van der Waals surface area contributed by atoms with Gasteiger partial charge in [-0.25, -0.2) is 4.68 Å². The van der Waals surface area contributed by atoms with E-state index in [9.17, 15) is 13.2 Å². The number of halogens is 5. The Kier molecular flexibility index (Phi) is 3.07. The molecule has 0 aliphatic heterocycles. The lowest BCUT2D eigenvalue weighted by Gasteiger charge is -2.20. The molecule has 0 amide bonds. The highest BCUT2D eigenvalue weighted by molar-refractivity contribution is 6.43. The first-order valence-electron chi connectivity index (χ1n) is 5.87. The van der Waals surface area contributed by atoms with Gasteiger partial charge in [0.15, 0.2) is 11.4 Å². The van der Waals surface area contributed by atoms with E-state index in [-0.39, 0.29) is 40.0 Å². The molecule has 5 nitrogen and oxygen atoms in total. The number of nitrogens with zero attached hydrogens (tertiary/aromatic N) is 4. The van der Waals surface area contributed by atoms with Gasteiger partial charge in [0.2, 0.25) is 0 Å². The Morgan fingerprint density at radius 3 is 2.48 bits per heavy atom. The SMILES string of the molecule is Nc1cc(Cl)c(Cl)c(-c2nnnn2C2(C(F)(F)F)CC2)c1. The first-order valence-corrected chi connectivity index (χ1v) is 6.62. The Bertz CT molecular complexity index is 708. The molecule has 3 rings (SSSR count). The summed E-state index contributed by atoms with van der Waals surface area (Å²) in [5.74, 6) is -0.107. The molecule has 0 spiro atoms. The van der Waals surface area contributed by atoms with Crippen LogP contribution in [0.1, 0.15) is 12.8 Å². The molecule has 0 bridgehead atoms. The summed E-state index contributed by atoms with van der Waals surface area (Å²) in [7, 11) is 0. The summed E-state index contributed by atoms with van der Waals surface area (Å²) >= 11 is 11.9. The predicted octanol–water partition coefficient (Wildman–Crippen LogP) is 3.28. The number of anilines is 1. The number of hydrogen-bond donors (Lipinski definition) is 1. The first-order chi connectivity index (χ1) is 9.76. The second-order valence-electron chi connectivity index (χ2n) is 4.81. The number of tetrazole rings is 1. The smallest absolute Gasteiger partial charge is 0.399 e. The molecule has 112 valence electrons. The minimum Gasteiger partial charge on any atom is -0.399 e. The number of alkyl halides is 3. The minimum atomic E-state index is -4.45. The van der Waals surface area contributed by atoms with Gasteiger partial charge in [-0.15, -0.1) is 5.10 Å². The molecule has 0 atom stereocenters. The number of aromatic nitrogens is 4. The summed E-state index contributed by atoms with van der Waals surface area (Å²) in [5, 5.41) is 10.7. The maximum absolute atomic E-state index is 13.2. The Balaban J connectivity index is 2.18. The van der Waals surface area contributed by atoms with Crippen LogP contribution in [0.2, 0.25) is 10.0 Å². The third kappa shape index (κ3) is 2.13. The number of nitrogens with two attached hydrogens (primary N) is 1. The van der Waals surface area contributed by atoms with Crippen LogP contribution in [0.5, 0.6) is 0 Å². The van der Waals surface area contributed by atoms with Gasteiger partial charge in [-0.1, -0.05) is 23.2 Å². The van der Waals surface area contributed by atoms with E-state index in [1.54, 1.807) is 0 Å². The summed E-state index contributed by atoms with van der Waals surface area (Å²) in [6.45, 7) is 0. The van der Waals surface area contributed by atoms with E-state index in [4.69, 9.17) is 28.9 Å². The molecule has 1 aliphatic rings.